The van der Waals surface area contributed by atoms with Crippen LogP contribution in [-0.4, -0.2) is 45.7 Å². The van der Waals surface area contributed by atoms with E-state index >= 15 is 0 Å². The van der Waals surface area contributed by atoms with Gasteiger partial charge in [0.2, 0.25) is 5.82 Å². The van der Waals surface area contributed by atoms with Crippen LogP contribution in [0.4, 0.5) is 0 Å². The van der Waals surface area contributed by atoms with Gasteiger partial charge in [-0.3, -0.25) is 4.79 Å². The zero-order valence-electron chi connectivity index (χ0n) is 13.6. The molecule has 0 radical (unpaired) electrons. The van der Waals surface area contributed by atoms with Gasteiger partial charge in [0.15, 0.2) is 18.9 Å². The van der Waals surface area contributed by atoms with E-state index in [2.05, 4.69) is 15.4 Å². The number of esters is 1. The Hall–Kier alpha value is -2.78. The number of rotatable bonds is 7. The van der Waals surface area contributed by atoms with E-state index < -0.39 is 12.6 Å². The second-order valence-electron chi connectivity index (χ2n) is 5.05. The first kappa shape index (κ1) is 18.0. The Labute approximate surface area is 157 Å². The van der Waals surface area contributed by atoms with Gasteiger partial charge >= 0.3 is 5.97 Å². The molecule has 0 aliphatic heterocycles. The molecule has 10 heteroatoms. The molecule has 0 aliphatic carbocycles. The summed E-state index contributed by atoms with van der Waals surface area (Å²) < 4.78 is 9.99. The highest BCUT2D eigenvalue weighted by Gasteiger charge is 2.14. The molecule has 0 N–H and O–H groups in total. The maximum absolute atomic E-state index is 12.1. The average molecular weight is 393 g/mol. The van der Waals surface area contributed by atoms with Crippen molar-refractivity contribution < 1.29 is 19.1 Å². The number of ketones is 1. The van der Waals surface area contributed by atoms with E-state index in [1.54, 1.807) is 12.1 Å². The van der Waals surface area contributed by atoms with E-state index in [9.17, 15) is 9.59 Å². The number of hydrogen-bond donors (Lipinski definition) is 0. The minimum absolute atomic E-state index is 0.241. The highest BCUT2D eigenvalue weighted by molar-refractivity contribution is 7.13. The Kier molecular flexibility index (Phi) is 5.59. The molecule has 134 valence electrons. The molecule has 0 spiro atoms. The summed E-state index contributed by atoms with van der Waals surface area (Å²) in [5, 5.41) is 14.0. The Morgan fingerprint density at radius 3 is 2.85 bits per heavy atom. The standard InChI is InChI=1S/C16H13ClN4O4S/c1-24-13-5-4-10(7-11(13)17)12(22)9-25-15(23)8-21-19-16(18-20-21)14-3-2-6-26-14/h2-7H,8-9H2,1H3. The lowest BCUT2D eigenvalue weighted by atomic mass is 10.1. The molecule has 26 heavy (non-hydrogen) atoms. The van der Waals surface area contributed by atoms with E-state index in [0.29, 0.717) is 22.2 Å². The zero-order chi connectivity index (χ0) is 18.5. The summed E-state index contributed by atoms with van der Waals surface area (Å²) >= 11 is 7.44. The molecule has 0 aliphatic rings. The molecule has 0 bridgehead atoms. The Balaban J connectivity index is 1.54. The van der Waals surface area contributed by atoms with Crippen LogP contribution in [-0.2, 0) is 16.1 Å². The number of ether oxygens (including phenoxy) is 2. The van der Waals surface area contributed by atoms with Gasteiger partial charge < -0.3 is 9.47 Å². The van der Waals surface area contributed by atoms with Crippen molar-refractivity contribution in [2.24, 2.45) is 0 Å². The third-order valence-corrected chi connectivity index (χ3v) is 4.46. The summed E-state index contributed by atoms with van der Waals surface area (Å²) in [4.78, 5) is 25.9. The van der Waals surface area contributed by atoms with Gasteiger partial charge in [-0.05, 0) is 34.9 Å². The number of thiophene rings is 1. The van der Waals surface area contributed by atoms with Crippen molar-refractivity contribution >= 4 is 34.7 Å². The number of Topliss-reactive ketones (excluding diaryl/α,β-unsaturated/α-hetero) is 1. The van der Waals surface area contributed by atoms with Gasteiger partial charge in [0, 0.05) is 5.56 Å². The van der Waals surface area contributed by atoms with Gasteiger partial charge in [0.05, 0.1) is 17.0 Å². The highest BCUT2D eigenvalue weighted by atomic mass is 35.5. The van der Waals surface area contributed by atoms with Gasteiger partial charge in [-0.25, -0.2) is 4.79 Å². The highest BCUT2D eigenvalue weighted by Crippen LogP contribution is 2.25. The van der Waals surface area contributed by atoms with E-state index in [-0.39, 0.29) is 12.3 Å². The molecule has 2 aromatic heterocycles. The van der Waals surface area contributed by atoms with Gasteiger partial charge in [-0.15, -0.1) is 21.5 Å². The number of carbonyl (C=O) groups excluding carboxylic acids is 2. The molecule has 0 fully saturated rings. The number of nitrogens with zero attached hydrogens (tertiary/aromatic N) is 4. The first-order valence-corrected chi connectivity index (χ1v) is 8.66. The SMILES string of the molecule is COc1ccc(C(=O)COC(=O)Cn2nnc(-c3cccs3)n2)cc1Cl. The molecular formula is C16H13ClN4O4S. The molecule has 0 unspecified atom stereocenters. The Morgan fingerprint density at radius 2 is 2.15 bits per heavy atom. The number of hydrogen-bond acceptors (Lipinski definition) is 8. The fraction of sp³-hybridized carbons (Fsp3) is 0.188. The van der Waals surface area contributed by atoms with Crippen molar-refractivity contribution in [1.82, 2.24) is 20.2 Å². The van der Waals surface area contributed by atoms with E-state index in [0.717, 1.165) is 9.67 Å². The van der Waals surface area contributed by atoms with Gasteiger partial charge in [0.25, 0.3) is 0 Å². The number of tetrazole rings is 1. The molecule has 0 atom stereocenters. The Morgan fingerprint density at radius 1 is 1.31 bits per heavy atom. The van der Waals surface area contributed by atoms with Crippen molar-refractivity contribution in [3.05, 3.63) is 46.3 Å². The Bertz CT molecular complexity index is 926. The topological polar surface area (TPSA) is 96.2 Å². The molecule has 0 amide bonds. The number of carbonyl (C=O) groups is 2. The molecule has 0 saturated heterocycles. The predicted molar refractivity (Wildman–Crippen MR) is 94.4 cm³/mol. The third-order valence-electron chi connectivity index (χ3n) is 3.30. The van der Waals surface area contributed by atoms with Crippen LogP contribution < -0.4 is 4.74 Å². The maximum atomic E-state index is 12.1. The smallest absolute Gasteiger partial charge is 0.330 e. The molecule has 3 aromatic rings. The summed E-state index contributed by atoms with van der Waals surface area (Å²) in [6.07, 6.45) is 0. The van der Waals surface area contributed by atoms with Crippen LogP contribution in [0.3, 0.4) is 0 Å². The second kappa shape index (κ2) is 8.07. The summed E-state index contributed by atoms with van der Waals surface area (Å²) in [5.41, 5.74) is 0.322. The monoisotopic (exact) mass is 392 g/mol. The summed E-state index contributed by atoms with van der Waals surface area (Å²) in [6, 6.07) is 8.30. The lowest BCUT2D eigenvalue weighted by Crippen LogP contribution is -2.19. The summed E-state index contributed by atoms with van der Waals surface area (Å²) in [6.45, 7) is -0.650. The predicted octanol–water partition coefficient (Wildman–Crippen LogP) is 2.49. The van der Waals surface area contributed by atoms with Crippen LogP contribution in [0.5, 0.6) is 5.75 Å². The molecule has 3 rings (SSSR count). The second-order valence-corrected chi connectivity index (χ2v) is 6.41. The molecule has 1 aromatic carbocycles. The zero-order valence-corrected chi connectivity index (χ0v) is 15.2. The fourth-order valence-electron chi connectivity index (χ4n) is 2.04. The van der Waals surface area contributed by atoms with Crippen molar-refractivity contribution in [2.45, 2.75) is 6.54 Å². The number of aromatic nitrogens is 4. The lowest BCUT2D eigenvalue weighted by molar-refractivity contribution is -0.143. The number of halogens is 1. The van der Waals surface area contributed by atoms with Crippen LogP contribution in [0.1, 0.15) is 10.4 Å². The van der Waals surface area contributed by atoms with Crippen molar-refractivity contribution in [3.63, 3.8) is 0 Å². The van der Waals surface area contributed by atoms with Crippen LogP contribution in [0.15, 0.2) is 35.7 Å². The van der Waals surface area contributed by atoms with Crippen molar-refractivity contribution in [1.29, 1.82) is 0 Å². The quantitative estimate of drug-likeness (QED) is 0.450. The van der Waals surface area contributed by atoms with Crippen LogP contribution >= 0.6 is 22.9 Å². The van der Waals surface area contributed by atoms with Gasteiger partial charge in [-0.1, -0.05) is 17.7 Å². The number of methoxy groups -OCH3 is 1. The van der Waals surface area contributed by atoms with E-state index in [4.69, 9.17) is 21.1 Å². The average Bonchev–Trinajstić information content (AvgIpc) is 3.31. The molecular weight excluding hydrogens is 380 g/mol. The largest absolute Gasteiger partial charge is 0.495 e. The summed E-state index contributed by atoms with van der Waals surface area (Å²) in [5.74, 6) is -0.141. The third kappa shape index (κ3) is 4.24. The molecule has 2 heterocycles. The van der Waals surface area contributed by atoms with Crippen LogP contribution in [0.2, 0.25) is 5.02 Å². The van der Waals surface area contributed by atoms with E-state index in [1.807, 2.05) is 17.5 Å². The lowest BCUT2D eigenvalue weighted by Gasteiger charge is -2.06. The van der Waals surface area contributed by atoms with E-state index in [1.165, 1.54) is 24.5 Å². The first-order valence-electron chi connectivity index (χ1n) is 7.41. The maximum Gasteiger partial charge on any atom is 0.330 e. The first-order chi connectivity index (χ1) is 12.6. The van der Waals surface area contributed by atoms with Crippen LogP contribution in [0.25, 0.3) is 10.7 Å². The van der Waals surface area contributed by atoms with Crippen LogP contribution in [0, 0.1) is 0 Å². The van der Waals surface area contributed by atoms with Gasteiger partial charge in [0.1, 0.15) is 5.75 Å². The fourth-order valence-corrected chi connectivity index (χ4v) is 2.95. The number of benzene rings is 1. The molecule has 0 saturated carbocycles. The van der Waals surface area contributed by atoms with Gasteiger partial charge in [-0.2, -0.15) is 4.80 Å². The summed E-state index contributed by atoms with van der Waals surface area (Å²) in [7, 11) is 1.48. The van der Waals surface area contributed by atoms with Crippen molar-refractivity contribution in [3.8, 4) is 16.5 Å². The minimum Gasteiger partial charge on any atom is -0.495 e. The minimum atomic E-state index is -0.645. The van der Waals surface area contributed by atoms with Crippen molar-refractivity contribution in [2.75, 3.05) is 13.7 Å². The molecule has 8 nitrogen and oxygen atoms in total. The normalized spacial score (nSPS) is 10.5.